The summed E-state index contributed by atoms with van der Waals surface area (Å²) in [5, 5.41) is 0. The van der Waals surface area contributed by atoms with E-state index in [1.165, 1.54) is 18.0 Å². The number of hydrogen-bond acceptors (Lipinski definition) is 2. The molecule has 1 aromatic carbocycles. The lowest BCUT2D eigenvalue weighted by Gasteiger charge is -2.15. The molecule has 1 rings (SSSR count). The van der Waals surface area contributed by atoms with Crippen molar-refractivity contribution in [2.24, 2.45) is 0 Å². The molecule has 0 N–H and O–H groups in total. The van der Waals surface area contributed by atoms with Crippen molar-refractivity contribution in [3.05, 3.63) is 42.0 Å². The first-order valence-corrected chi connectivity index (χ1v) is 8.81. The van der Waals surface area contributed by atoms with Gasteiger partial charge in [-0.05, 0) is 30.2 Å². The molecule has 1 atom stereocenters. The molecule has 0 radical (unpaired) electrons. The molecule has 1 unspecified atom stereocenters. The standard InChI is InChI=1S/C15H24O2Si/c1-4-10-18(13-16-6-3)17-12-15-9-7-8-14(5-2)11-15/h5,7-9,11,18H,2,4,6,10,12-13H2,1,3H3. The minimum atomic E-state index is -1.19. The van der Waals surface area contributed by atoms with Crippen molar-refractivity contribution in [2.45, 2.75) is 32.9 Å². The molecular formula is C15H24O2Si. The largest absolute Gasteiger partial charge is 0.413 e. The second kappa shape index (κ2) is 9.08. The van der Waals surface area contributed by atoms with Crippen molar-refractivity contribution in [1.29, 1.82) is 0 Å². The van der Waals surface area contributed by atoms with E-state index >= 15 is 0 Å². The van der Waals surface area contributed by atoms with Gasteiger partial charge in [-0.1, -0.05) is 44.2 Å². The summed E-state index contributed by atoms with van der Waals surface area (Å²) in [6, 6.07) is 9.52. The van der Waals surface area contributed by atoms with Gasteiger partial charge in [-0.3, -0.25) is 0 Å². The zero-order chi connectivity index (χ0) is 13.2. The fourth-order valence-corrected chi connectivity index (χ4v) is 3.81. The summed E-state index contributed by atoms with van der Waals surface area (Å²) < 4.78 is 11.6. The van der Waals surface area contributed by atoms with Crippen molar-refractivity contribution < 1.29 is 9.16 Å². The molecule has 3 heteroatoms. The van der Waals surface area contributed by atoms with Crippen LogP contribution < -0.4 is 0 Å². The van der Waals surface area contributed by atoms with Crippen LogP contribution in [0, 0.1) is 0 Å². The van der Waals surface area contributed by atoms with E-state index in [0.29, 0.717) is 6.61 Å². The van der Waals surface area contributed by atoms with Crippen LogP contribution in [-0.4, -0.2) is 21.9 Å². The van der Waals surface area contributed by atoms with Gasteiger partial charge in [-0.25, -0.2) is 0 Å². The average molecular weight is 264 g/mol. The molecule has 0 saturated carbocycles. The lowest BCUT2D eigenvalue weighted by Crippen LogP contribution is -2.25. The highest BCUT2D eigenvalue weighted by atomic mass is 28.3. The Balaban J connectivity index is 2.46. The Morgan fingerprint density at radius 2 is 2.17 bits per heavy atom. The Bertz CT molecular complexity index is 352. The van der Waals surface area contributed by atoms with E-state index in [2.05, 4.69) is 37.8 Å². The minimum Gasteiger partial charge on any atom is -0.413 e. The maximum atomic E-state index is 6.05. The maximum absolute atomic E-state index is 6.05. The third kappa shape index (κ3) is 5.62. The lowest BCUT2D eigenvalue weighted by molar-refractivity contribution is 0.169. The van der Waals surface area contributed by atoms with E-state index in [1.807, 2.05) is 13.0 Å². The molecule has 0 bridgehead atoms. The Hall–Kier alpha value is -0.903. The third-order valence-corrected chi connectivity index (χ3v) is 5.26. The minimum absolute atomic E-state index is 0.700. The van der Waals surface area contributed by atoms with Crippen molar-refractivity contribution in [3.8, 4) is 0 Å². The van der Waals surface area contributed by atoms with Crippen LogP contribution in [-0.2, 0) is 15.8 Å². The average Bonchev–Trinajstić information content (AvgIpc) is 2.42. The van der Waals surface area contributed by atoms with Crippen LogP contribution in [0.15, 0.2) is 30.8 Å². The van der Waals surface area contributed by atoms with Crippen LogP contribution >= 0.6 is 0 Å². The van der Waals surface area contributed by atoms with Crippen LogP contribution in [0.5, 0.6) is 0 Å². The van der Waals surface area contributed by atoms with Crippen molar-refractivity contribution in [1.82, 2.24) is 0 Å². The Morgan fingerprint density at radius 1 is 1.33 bits per heavy atom. The predicted molar refractivity (Wildman–Crippen MR) is 80.1 cm³/mol. The smallest absolute Gasteiger partial charge is 0.202 e. The van der Waals surface area contributed by atoms with E-state index in [1.54, 1.807) is 0 Å². The van der Waals surface area contributed by atoms with E-state index in [4.69, 9.17) is 9.16 Å². The second-order valence-corrected chi connectivity index (χ2v) is 6.82. The molecular weight excluding hydrogens is 240 g/mol. The Labute approximate surface area is 112 Å². The topological polar surface area (TPSA) is 18.5 Å². The normalized spacial score (nSPS) is 12.3. The number of benzene rings is 1. The lowest BCUT2D eigenvalue weighted by atomic mass is 10.1. The van der Waals surface area contributed by atoms with Crippen molar-refractivity contribution >= 4 is 15.1 Å². The summed E-state index contributed by atoms with van der Waals surface area (Å²) in [6.45, 7) is 9.50. The summed E-state index contributed by atoms with van der Waals surface area (Å²) in [4.78, 5) is 0. The van der Waals surface area contributed by atoms with E-state index < -0.39 is 9.04 Å². The molecule has 0 aliphatic carbocycles. The molecule has 0 aromatic heterocycles. The third-order valence-electron chi connectivity index (χ3n) is 2.79. The summed E-state index contributed by atoms with van der Waals surface area (Å²) in [5.74, 6) is 0. The molecule has 0 fully saturated rings. The van der Waals surface area contributed by atoms with Crippen molar-refractivity contribution in [2.75, 3.05) is 12.8 Å². The van der Waals surface area contributed by atoms with Gasteiger partial charge < -0.3 is 9.16 Å². The van der Waals surface area contributed by atoms with Crippen LogP contribution in [0.25, 0.3) is 6.08 Å². The molecule has 0 aliphatic heterocycles. The highest BCUT2D eigenvalue weighted by Gasteiger charge is 2.11. The van der Waals surface area contributed by atoms with Gasteiger partial charge in [0.15, 0.2) is 0 Å². The van der Waals surface area contributed by atoms with E-state index in [-0.39, 0.29) is 0 Å². The van der Waals surface area contributed by atoms with Gasteiger partial charge >= 0.3 is 0 Å². The first kappa shape index (κ1) is 15.2. The van der Waals surface area contributed by atoms with Gasteiger partial charge in [-0.2, -0.15) is 0 Å². The first-order valence-electron chi connectivity index (χ1n) is 6.70. The summed E-state index contributed by atoms with van der Waals surface area (Å²) in [5.41, 5.74) is 2.37. The van der Waals surface area contributed by atoms with Crippen molar-refractivity contribution in [3.63, 3.8) is 0 Å². The van der Waals surface area contributed by atoms with Crippen LogP contribution in [0.1, 0.15) is 31.4 Å². The molecule has 1 aromatic rings. The van der Waals surface area contributed by atoms with Crippen LogP contribution in [0.4, 0.5) is 0 Å². The fraction of sp³-hybridized carbons (Fsp3) is 0.467. The molecule has 2 nitrogen and oxygen atoms in total. The summed E-state index contributed by atoms with van der Waals surface area (Å²) >= 11 is 0. The molecule has 100 valence electrons. The van der Waals surface area contributed by atoms with Gasteiger partial charge in [-0.15, -0.1) is 0 Å². The Kier molecular flexibility index (Phi) is 7.65. The SMILES string of the molecule is C=Cc1cccc(CO[SiH](CCC)COCC)c1. The Morgan fingerprint density at radius 3 is 2.83 bits per heavy atom. The quantitative estimate of drug-likeness (QED) is 0.635. The van der Waals surface area contributed by atoms with Gasteiger partial charge in [0.2, 0.25) is 9.04 Å². The van der Waals surface area contributed by atoms with E-state index in [9.17, 15) is 0 Å². The molecule has 0 amide bonds. The summed E-state index contributed by atoms with van der Waals surface area (Å²) in [6.07, 6.45) is 3.87. The molecule has 0 saturated heterocycles. The first-order chi connectivity index (χ1) is 8.80. The summed E-state index contributed by atoms with van der Waals surface area (Å²) in [7, 11) is -1.19. The monoisotopic (exact) mass is 264 g/mol. The highest BCUT2D eigenvalue weighted by Crippen LogP contribution is 2.10. The number of rotatable bonds is 9. The van der Waals surface area contributed by atoms with Gasteiger partial charge in [0.1, 0.15) is 0 Å². The molecule has 18 heavy (non-hydrogen) atoms. The maximum Gasteiger partial charge on any atom is 0.202 e. The predicted octanol–water partition coefficient (Wildman–Crippen LogP) is 3.56. The zero-order valence-electron chi connectivity index (χ0n) is 11.5. The number of hydrogen-bond donors (Lipinski definition) is 0. The van der Waals surface area contributed by atoms with Gasteiger partial charge in [0, 0.05) is 6.61 Å². The molecule has 0 aliphatic rings. The highest BCUT2D eigenvalue weighted by molar-refractivity contribution is 6.51. The number of ether oxygens (including phenoxy) is 1. The van der Waals surface area contributed by atoms with Gasteiger partial charge in [0.05, 0.1) is 12.8 Å². The second-order valence-electron chi connectivity index (χ2n) is 4.33. The molecule has 0 heterocycles. The van der Waals surface area contributed by atoms with Crippen LogP contribution in [0.2, 0.25) is 6.04 Å². The zero-order valence-corrected chi connectivity index (χ0v) is 12.7. The van der Waals surface area contributed by atoms with E-state index in [0.717, 1.165) is 18.4 Å². The fourth-order valence-electron chi connectivity index (χ4n) is 1.81. The van der Waals surface area contributed by atoms with Gasteiger partial charge in [0.25, 0.3) is 0 Å². The molecule has 0 spiro atoms. The van der Waals surface area contributed by atoms with Crippen LogP contribution in [0.3, 0.4) is 0 Å².